The molecule has 0 radical (unpaired) electrons. The summed E-state index contributed by atoms with van der Waals surface area (Å²) >= 11 is 0. The second-order valence-electron chi connectivity index (χ2n) is 9.24. The van der Waals surface area contributed by atoms with Crippen LogP contribution in [-0.4, -0.2) is 42.3 Å². The maximum absolute atomic E-state index is 12.5. The van der Waals surface area contributed by atoms with Gasteiger partial charge >= 0.3 is 12.1 Å². The Morgan fingerprint density at radius 2 is 1.68 bits per heavy atom. The van der Waals surface area contributed by atoms with Crippen LogP contribution in [0.3, 0.4) is 0 Å². The average molecular weight is 465 g/mol. The van der Waals surface area contributed by atoms with Gasteiger partial charge in [0, 0.05) is 18.4 Å². The van der Waals surface area contributed by atoms with E-state index < -0.39 is 18.1 Å². The Balaban J connectivity index is 1.27. The standard InChI is InChI=1S/C27H32N2O5/c1-2-24(26(31)32)29-25(30)18-9-7-8-17(14-18)15-28-27(33)34-16-23-21-12-5-3-10-19(21)20-11-4-6-13-22(20)23/h3-6,10-13,17-18,23-24H,2,7-9,14-16H2,1H3,(H,28,33)(H,29,30)(H,31,32)/t17?,18?,24-/m0/s1. The van der Waals surface area contributed by atoms with Gasteiger partial charge in [0.05, 0.1) is 0 Å². The molecule has 0 aromatic heterocycles. The molecule has 2 aromatic carbocycles. The lowest BCUT2D eigenvalue weighted by Gasteiger charge is -2.29. The third kappa shape index (κ3) is 5.24. The van der Waals surface area contributed by atoms with Crippen molar-refractivity contribution in [3.63, 3.8) is 0 Å². The Morgan fingerprint density at radius 3 is 2.29 bits per heavy atom. The normalized spacial score (nSPS) is 20.0. The summed E-state index contributed by atoms with van der Waals surface area (Å²) < 4.78 is 5.60. The molecule has 0 spiro atoms. The number of benzene rings is 2. The number of nitrogens with one attached hydrogen (secondary N) is 2. The molecule has 0 saturated heterocycles. The summed E-state index contributed by atoms with van der Waals surface area (Å²) in [5, 5.41) is 14.7. The maximum Gasteiger partial charge on any atom is 0.407 e. The fourth-order valence-corrected chi connectivity index (χ4v) is 5.22. The van der Waals surface area contributed by atoms with Gasteiger partial charge in [-0.25, -0.2) is 9.59 Å². The lowest BCUT2D eigenvalue weighted by Crippen LogP contribution is -2.44. The molecule has 3 atom stereocenters. The molecule has 3 N–H and O–H groups in total. The highest BCUT2D eigenvalue weighted by molar-refractivity contribution is 5.85. The third-order valence-corrected chi connectivity index (χ3v) is 7.06. The van der Waals surface area contributed by atoms with Crippen LogP contribution in [0.4, 0.5) is 4.79 Å². The van der Waals surface area contributed by atoms with E-state index in [1.165, 1.54) is 22.3 Å². The van der Waals surface area contributed by atoms with Gasteiger partial charge in [-0.15, -0.1) is 0 Å². The molecule has 1 fully saturated rings. The SMILES string of the molecule is CC[C@H](NC(=O)C1CCCC(CNC(=O)OCC2c3ccccc3-c3ccccc32)C1)C(=O)O. The van der Waals surface area contributed by atoms with Crippen molar-refractivity contribution >= 4 is 18.0 Å². The number of rotatable bonds is 8. The number of carbonyl (C=O) groups excluding carboxylic acids is 2. The lowest BCUT2D eigenvalue weighted by atomic mass is 9.81. The molecule has 4 rings (SSSR count). The lowest BCUT2D eigenvalue weighted by molar-refractivity contribution is -0.142. The first-order valence-electron chi connectivity index (χ1n) is 12.1. The fourth-order valence-electron chi connectivity index (χ4n) is 5.22. The van der Waals surface area contributed by atoms with E-state index >= 15 is 0 Å². The van der Waals surface area contributed by atoms with Crippen molar-refractivity contribution in [2.75, 3.05) is 13.2 Å². The molecule has 180 valence electrons. The Hall–Kier alpha value is -3.35. The molecule has 7 nitrogen and oxygen atoms in total. The highest BCUT2D eigenvalue weighted by Crippen LogP contribution is 2.44. The van der Waals surface area contributed by atoms with Gasteiger partial charge in [0.2, 0.25) is 5.91 Å². The Labute approximate surface area is 199 Å². The van der Waals surface area contributed by atoms with Crippen LogP contribution in [0.25, 0.3) is 11.1 Å². The molecular formula is C27H32N2O5. The van der Waals surface area contributed by atoms with Crippen molar-refractivity contribution in [3.8, 4) is 11.1 Å². The second kappa shape index (κ2) is 10.7. The van der Waals surface area contributed by atoms with Crippen molar-refractivity contribution in [3.05, 3.63) is 59.7 Å². The minimum absolute atomic E-state index is 0.0154. The van der Waals surface area contributed by atoms with Crippen LogP contribution >= 0.6 is 0 Å². The quantitative estimate of drug-likeness (QED) is 0.540. The van der Waals surface area contributed by atoms with Gasteiger partial charge in [0.1, 0.15) is 12.6 Å². The molecule has 2 aliphatic rings. The zero-order chi connectivity index (χ0) is 24.1. The molecule has 0 heterocycles. The van der Waals surface area contributed by atoms with Crippen molar-refractivity contribution in [2.45, 2.75) is 51.0 Å². The van der Waals surface area contributed by atoms with Crippen LogP contribution in [0.15, 0.2) is 48.5 Å². The third-order valence-electron chi connectivity index (χ3n) is 7.06. The Kier molecular flexibility index (Phi) is 7.50. The number of amides is 2. The zero-order valence-electron chi connectivity index (χ0n) is 19.5. The highest BCUT2D eigenvalue weighted by atomic mass is 16.5. The summed E-state index contributed by atoms with van der Waals surface area (Å²) in [4.78, 5) is 36.2. The minimum atomic E-state index is -1.01. The van der Waals surface area contributed by atoms with Crippen LogP contribution in [0.2, 0.25) is 0 Å². The predicted octanol–water partition coefficient (Wildman–Crippen LogP) is 4.31. The van der Waals surface area contributed by atoms with Gasteiger partial charge in [-0.1, -0.05) is 61.9 Å². The molecule has 7 heteroatoms. The molecule has 0 aliphatic heterocycles. The van der Waals surface area contributed by atoms with Crippen molar-refractivity contribution < 1.29 is 24.2 Å². The van der Waals surface area contributed by atoms with E-state index in [0.29, 0.717) is 19.4 Å². The van der Waals surface area contributed by atoms with E-state index in [2.05, 4.69) is 34.9 Å². The van der Waals surface area contributed by atoms with Crippen molar-refractivity contribution in [2.24, 2.45) is 11.8 Å². The summed E-state index contributed by atoms with van der Waals surface area (Å²) in [7, 11) is 0. The highest BCUT2D eigenvalue weighted by Gasteiger charge is 2.31. The first-order chi connectivity index (χ1) is 16.5. The summed E-state index contributed by atoms with van der Waals surface area (Å²) in [6.07, 6.45) is 3.06. The Morgan fingerprint density at radius 1 is 1.03 bits per heavy atom. The van der Waals surface area contributed by atoms with Gasteiger partial charge in [-0.05, 0) is 53.9 Å². The van der Waals surface area contributed by atoms with Crippen molar-refractivity contribution in [1.82, 2.24) is 10.6 Å². The molecular weight excluding hydrogens is 432 g/mol. The van der Waals surface area contributed by atoms with Crippen LogP contribution < -0.4 is 10.6 Å². The molecule has 0 bridgehead atoms. The first-order valence-corrected chi connectivity index (χ1v) is 12.1. The number of carboxylic acids is 1. The Bertz CT molecular complexity index is 1010. The second-order valence-corrected chi connectivity index (χ2v) is 9.24. The van der Waals surface area contributed by atoms with E-state index in [-0.39, 0.29) is 30.3 Å². The zero-order valence-corrected chi connectivity index (χ0v) is 19.5. The maximum atomic E-state index is 12.5. The largest absolute Gasteiger partial charge is 0.480 e. The van der Waals surface area contributed by atoms with Gasteiger partial charge in [0.15, 0.2) is 0 Å². The summed E-state index contributed by atoms with van der Waals surface area (Å²) in [5.74, 6) is -1.27. The van der Waals surface area contributed by atoms with Crippen LogP contribution in [0.1, 0.15) is 56.1 Å². The minimum Gasteiger partial charge on any atom is -0.480 e. The van der Waals surface area contributed by atoms with E-state index in [0.717, 1.165) is 19.3 Å². The van der Waals surface area contributed by atoms with Gasteiger partial charge < -0.3 is 20.5 Å². The summed E-state index contributed by atoms with van der Waals surface area (Å²) in [6.45, 7) is 2.45. The van der Waals surface area contributed by atoms with Gasteiger partial charge in [0.25, 0.3) is 0 Å². The van der Waals surface area contributed by atoms with Crippen LogP contribution in [0.5, 0.6) is 0 Å². The number of carbonyl (C=O) groups is 3. The number of aliphatic carboxylic acids is 1. The molecule has 2 aliphatic carbocycles. The summed E-state index contributed by atoms with van der Waals surface area (Å²) in [6, 6.07) is 15.6. The predicted molar refractivity (Wildman–Crippen MR) is 128 cm³/mol. The van der Waals surface area contributed by atoms with E-state index in [9.17, 15) is 19.5 Å². The topological polar surface area (TPSA) is 105 Å². The van der Waals surface area contributed by atoms with E-state index in [4.69, 9.17) is 4.74 Å². The smallest absolute Gasteiger partial charge is 0.407 e. The van der Waals surface area contributed by atoms with Crippen LogP contribution in [0, 0.1) is 11.8 Å². The molecule has 2 aromatic rings. The number of alkyl carbamates (subject to hydrolysis) is 1. The number of carboxylic acid groups (broad SMARTS) is 1. The number of hydrogen-bond donors (Lipinski definition) is 3. The molecule has 2 unspecified atom stereocenters. The average Bonchev–Trinajstić information content (AvgIpc) is 3.18. The first kappa shape index (κ1) is 23.8. The molecule has 1 saturated carbocycles. The monoisotopic (exact) mass is 464 g/mol. The molecule has 2 amide bonds. The molecule has 34 heavy (non-hydrogen) atoms. The van der Waals surface area contributed by atoms with Gasteiger partial charge in [-0.3, -0.25) is 4.79 Å². The van der Waals surface area contributed by atoms with E-state index in [1.807, 2.05) is 24.3 Å². The number of ether oxygens (including phenoxy) is 1. The van der Waals surface area contributed by atoms with Crippen molar-refractivity contribution in [1.29, 1.82) is 0 Å². The van der Waals surface area contributed by atoms with Gasteiger partial charge in [-0.2, -0.15) is 0 Å². The van der Waals surface area contributed by atoms with E-state index in [1.54, 1.807) is 6.92 Å². The number of hydrogen-bond acceptors (Lipinski definition) is 4. The fraction of sp³-hybridized carbons (Fsp3) is 0.444. The summed E-state index contributed by atoms with van der Waals surface area (Å²) in [5.41, 5.74) is 4.72. The number of fused-ring (bicyclic) bond motifs is 3. The van der Waals surface area contributed by atoms with Crippen LogP contribution in [-0.2, 0) is 14.3 Å².